The van der Waals surface area contributed by atoms with E-state index in [-0.39, 0.29) is 53.6 Å². The molecular formula is C30H25F7N3O4S2+. The monoisotopic (exact) mass is 688 g/mol. The van der Waals surface area contributed by atoms with E-state index in [4.69, 9.17) is 4.74 Å². The van der Waals surface area contributed by atoms with Crippen LogP contribution < -0.4 is 15.4 Å². The van der Waals surface area contributed by atoms with Crippen molar-refractivity contribution in [2.45, 2.75) is 24.7 Å². The number of carbonyl (C=O) groups is 2. The number of amides is 2. The van der Waals surface area contributed by atoms with Gasteiger partial charge < -0.3 is 15.4 Å². The maximum atomic E-state index is 13.8. The molecule has 1 fully saturated rings. The van der Waals surface area contributed by atoms with Crippen LogP contribution in [-0.4, -0.2) is 47.2 Å². The number of carbonyl (C=O) groups excluding carboxylic acids is 2. The van der Waals surface area contributed by atoms with Crippen molar-refractivity contribution in [3.63, 3.8) is 0 Å². The summed E-state index contributed by atoms with van der Waals surface area (Å²) in [5.41, 5.74) is -2.46. The molecule has 0 radical (unpaired) electrons. The topological polar surface area (TPSA) is 84.5 Å². The molecule has 5 rings (SSSR count). The van der Waals surface area contributed by atoms with Gasteiger partial charge in [-0.25, -0.2) is 12.5 Å². The van der Waals surface area contributed by atoms with Crippen molar-refractivity contribution in [2.75, 3.05) is 37.9 Å². The maximum absolute atomic E-state index is 13.8. The number of thiophene rings is 1. The van der Waals surface area contributed by atoms with Crippen molar-refractivity contribution in [3.8, 4) is 5.75 Å². The van der Waals surface area contributed by atoms with Gasteiger partial charge in [-0.1, -0.05) is 12.1 Å². The lowest BCUT2D eigenvalue weighted by Crippen LogP contribution is -2.36. The first-order valence-corrected chi connectivity index (χ1v) is 15.1. The van der Waals surface area contributed by atoms with E-state index in [2.05, 4.69) is 10.6 Å². The van der Waals surface area contributed by atoms with Crippen LogP contribution in [0.1, 0.15) is 49.1 Å². The molecule has 244 valence electrons. The molecule has 2 amide bonds. The minimum Gasteiger partial charge on any atom is -0.496 e. The van der Waals surface area contributed by atoms with Crippen molar-refractivity contribution in [2.24, 2.45) is 0 Å². The summed E-state index contributed by atoms with van der Waals surface area (Å²) in [7, 11) is 3.17. The highest BCUT2D eigenvalue weighted by Crippen LogP contribution is 2.41. The molecule has 7 nitrogen and oxygen atoms in total. The molecule has 46 heavy (non-hydrogen) atoms. The minimum absolute atomic E-state index is 0.0362. The van der Waals surface area contributed by atoms with Crippen molar-refractivity contribution in [1.29, 1.82) is 0 Å². The lowest BCUT2D eigenvalue weighted by molar-refractivity contribution is -0.762. The summed E-state index contributed by atoms with van der Waals surface area (Å²) in [5, 5.41) is 4.88. The predicted octanol–water partition coefficient (Wildman–Crippen LogP) is 7.39. The molecule has 3 aromatic carbocycles. The van der Waals surface area contributed by atoms with E-state index in [1.165, 1.54) is 7.11 Å². The number of likely N-dealkylation sites (tertiary alicyclic amines) is 1. The van der Waals surface area contributed by atoms with Crippen molar-refractivity contribution in [3.05, 3.63) is 87.5 Å². The van der Waals surface area contributed by atoms with Crippen molar-refractivity contribution < 1.29 is 53.2 Å². The number of anilines is 2. The molecule has 0 saturated carbocycles. The Balaban J connectivity index is 1.54. The molecule has 0 spiro atoms. The molecule has 2 heterocycles. The third-order valence-electron chi connectivity index (χ3n) is 7.70. The van der Waals surface area contributed by atoms with Crippen molar-refractivity contribution in [1.82, 2.24) is 0 Å². The van der Waals surface area contributed by atoms with E-state index in [1.807, 2.05) is 7.05 Å². The Morgan fingerprint density at radius 1 is 0.957 bits per heavy atom. The molecule has 0 bridgehead atoms. The first-order chi connectivity index (χ1) is 21.5. The number of nitrogens with one attached hydrogen (secondary N) is 2. The Hall–Kier alpha value is -4.02. The molecule has 0 aliphatic carbocycles. The molecule has 1 aromatic heterocycles. The van der Waals surface area contributed by atoms with E-state index in [0.717, 1.165) is 29.8 Å². The standard InChI is InChI=1S/C30H24F7N3O4S2/c1-40(46-43)10-9-16(14-40)15-3-8-23(44-2)20(11-15)27(41)39-25-19-6-4-17(29(32,33)34)12-24(19)45-26(25)28(42)38-18-5-7-22(31)21(13-18)30(35,36)37/h3-8,11-13,16,46H,9-10,14H2,1-2H3,(H-,38,39,41,42)/p+1/t16?,40-/m0/s1. The second-order valence-corrected chi connectivity index (χ2v) is 13.1. The molecular weight excluding hydrogens is 663 g/mol. The van der Waals surface area contributed by atoms with Gasteiger partial charge in [0.2, 0.25) is 0 Å². The average Bonchev–Trinajstić information content (AvgIpc) is 3.57. The summed E-state index contributed by atoms with van der Waals surface area (Å²) < 4.78 is 111. The molecule has 1 saturated heterocycles. The number of fused-ring (bicyclic) bond motifs is 1. The average molecular weight is 689 g/mol. The highest BCUT2D eigenvalue weighted by molar-refractivity contribution is 7.59. The summed E-state index contributed by atoms with van der Waals surface area (Å²) >= 11 is 0.534. The van der Waals surface area contributed by atoms with Gasteiger partial charge in [-0.2, -0.15) is 26.3 Å². The highest BCUT2D eigenvalue weighted by atomic mass is 32.2. The van der Waals surface area contributed by atoms with E-state index in [9.17, 15) is 44.5 Å². The first kappa shape index (κ1) is 33.3. The van der Waals surface area contributed by atoms with Gasteiger partial charge in [-0.05, 0) is 48.0 Å². The number of alkyl halides is 6. The molecule has 16 heteroatoms. The zero-order chi connectivity index (χ0) is 33.6. The Kier molecular flexibility index (Phi) is 8.92. The number of thiol groups is 1. The zero-order valence-corrected chi connectivity index (χ0v) is 25.7. The minimum atomic E-state index is -5.06. The van der Waals surface area contributed by atoms with Crippen LogP contribution in [0.3, 0.4) is 0 Å². The third-order valence-corrected chi connectivity index (χ3v) is 9.61. The number of hydrogen-bond acceptors (Lipinski definition) is 5. The van der Waals surface area contributed by atoms with E-state index in [0.29, 0.717) is 43.0 Å². The summed E-state index contributed by atoms with van der Waals surface area (Å²) in [4.78, 5) is 26.8. The molecule has 1 aliphatic rings. The molecule has 2 atom stereocenters. The number of ether oxygens (including phenoxy) is 1. The van der Waals surface area contributed by atoms with E-state index in [1.54, 1.807) is 18.2 Å². The number of halogens is 7. The van der Waals surface area contributed by atoms with Crippen LogP contribution in [0.2, 0.25) is 0 Å². The van der Waals surface area contributed by atoms with Crippen LogP contribution in [0.5, 0.6) is 5.75 Å². The summed E-state index contributed by atoms with van der Waals surface area (Å²) in [6, 6.07) is 9.37. The zero-order valence-electron chi connectivity index (χ0n) is 24.0. The maximum Gasteiger partial charge on any atom is 0.419 e. The first-order valence-electron chi connectivity index (χ1n) is 13.5. The molecule has 4 aromatic rings. The molecule has 2 N–H and O–H groups in total. The summed E-state index contributed by atoms with van der Waals surface area (Å²) in [5.74, 6) is -3.26. The quantitative estimate of drug-likeness (QED) is 0.108. The van der Waals surface area contributed by atoms with Gasteiger partial charge in [-0.3, -0.25) is 9.59 Å². The van der Waals surface area contributed by atoms with Crippen LogP contribution in [0.4, 0.5) is 42.1 Å². The molecule has 1 aliphatic heterocycles. The number of quaternary nitrogens is 1. The van der Waals surface area contributed by atoms with Crippen LogP contribution in [0.15, 0.2) is 54.6 Å². The molecule has 1 unspecified atom stereocenters. The fraction of sp³-hybridized carbons (Fsp3) is 0.267. The Bertz CT molecular complexity index is 1860. The third kappa shape index (κ3) is 6.73. The fourth-order valence-corrected chi connectivity index (χ4v) is 6.89. The predicted molar refractivity (Wildman–Crippen MR) is 160 cm³/mol. The summed E-state index contributed by atoms with van der Waals surface area (Å²) in [6.07, 6.45) is -9.09. The van der Waals surface area contributed by atoms with Crippen LogP contribution in [0, 0.1) is 5.82 Å². The van der Waals surface area contributed by atoms with Gasteiger partial charge >= 0.3 is 12.4 Å². The summed E-state index contributed by atoms with van der Waals surface area (Å²) in [6.45, 7) is 1.18. The van der Waals surface area contributed by atoms with Crippen LogP contribution >= 0.6 is 11.3 Å². The number of hydrogen-bond donors (Lipinski definition) is 3. The van der Waals surface area contributed by atoms with Gasteiger partial charge in [0.25, 0.3) is 11.8 Å². The van der Waals surface area contributed by atoms with Gasteiger partial charge in [0.15, 0.2) is 11.9 Å². The van der Waals surface area contributed by atoms with Gasteiger partial charge in [-0.15, -0.1) is 11.3 Å². The Morgan fingerprint density at radius 2 is 1.70 bits per heavy atom. The second-order valence-electron chi connectivity index (χ2n) is 10.9. The Labute approximate surface area is 265 Å². The number of methoxy groups -OCH3 is 1. The van der Waals surface area contributed by atoms with Crippen molar-refractivity contribution >= 4 is 56.5 Å². The van der Waals surface area contributed by atoms with Crippen LogP contribution in [-0.2, 0) is 24.2 Å². The van der Waals surface area contributed by atoms with Gasteiger partial charge in [0, 0.05) is 28.1 Å². The lowest BCUT2D eigenvalue weighted by atomic mass is 9.96. The smallest absolute Gasteiger partial charge is 0.419 e. The normalized spacial score (nSPS) is 18.5. The van der Waals surface area contributed by atoms with Gasteiger partial charge in [0.05, 0.1) is 49.6 Å². The Morgan fingerprint density at radius 3 is 2.33 bits per heavy atom. The SMILES string of the molecule is COc1ccc(C2CC[N@+](C)([SH]=O)C2)cc1C(=O)Nc1c(C(=O)Nc2ccc(F)c(C(F)(F)F)c2)sc2cc(C(F)(F)F)ccc12. The largest absolute Gasteiger partial charge is 0.496 e. The van der Waals surface area contributed by atoms with Gasteiger partial charge in [0.1, 0.15) is 16.4 Å². The number of benzene rings is 3. The number of nitrogens with zero attached hydrogens (tertiary/aromatic N) is 1. The van der Waals surface area contributed by atoms with E-state index >= 15 is 0 Å². The second kappa shape index (κ2) is 12.3. The number of likely N-dealkylation sites (N-methyl/N-ethyl adjacent to an activating group) is 1. The van der Waals surface area contributed by atoms with E-state index < -0.39 is 46.8 Å². The lowest BCUT2D eigenvalue weighted by Gasteiger charge is -2.20. The van der Waals surface area contributed by atoms with Crippen LogP contribution in [0.25, 0.3) is 10.1 Å². The fourth-order valence-electron chi connectivity index (χ4n) is 5.34. The number of rotatable bonds is 7. The highest BCUT2D eigenvalue weighted by Gasteiger charge is 2.37.